The van der Waals surface area contributed by atoms with E-state index in [1.165, 1.54) is 30.6 Å². The number of primary amides is 1. The highest BCUT2D eigenvalue weighted by Crippen LogP contribution is 2.56. The van der Waals surface area contributed by atoms with Crippen LogP contribution in [-0.2, 0) is 25.6 Å². The smallest absolute Gasteiger partial charge is 0.235 e. The average Bonchev–Trinajstić information content (AvgIpc) is 2.76. The van der Waals surface area contributed by atoms with Gasteiger partial charge in [0.05, 0.1) is 23.2 Å². The molecule has 5 rings (SSSR count). The molecule has 11 heteroatoms. The molecular weight excluding hydrogens is 490 g/mol. The molecule has 0 spiro atoms. The largest absolute Gasteiger partial charge is 0.507 e. The average molecular weight is 520 g/mol. The van der Waals surface area contributed by atoms with E-state index in [9.17, 15) is 34.3 Å². The number of rotatable bonds is 3. The second-order valence-corrected chi connectivity index (χ2v) is 11.3. The van der Waals surface area contributed by atoms with Crippen molar-refractivity contribution >= 4 is 35.1 Å². The summed E-state index contributed by atoms with van der Waals surface area (Å²) in [5.74, 6) is -9.73. The van der Waals surface area contributed by atoms with Crippen LogP contribution in [0, 0.1) is 28.6 Å². The fraction of sp³-hybridized carbons (Fsp3) is 0.481. The molecular formula is C27H29N5O6. The minimum Gasteiger partial charge on any atom is -0.507 e. The molecule has 1 aromatic rings. The SMILES string of the molecule is CN(C)[C@@H]1C(=O)C(C(N)=O)C(=O)[C@@]2(C#N)C(=O)C3C(=O)c4c(O)ccc(C=C5CCC5)c4C[C@@]3(N)C[C@@]12N. The van der Waals surface area contributed by atoms with Crippen molar-refractivity contribution < 1.29 is 29.1 Å². The van der Waals surface area contributed by atoms with Gasteiger partial charge in [0.25, 0.3) is 0 Å². The summed E-state index contributed by atoms with van der Waals surface area (Å²) < 4.78 is 0. The van der Waals surface area contributed by atoms with Crippen LogP contribution < -0.4 is 17.2 Å². The summed E-state index contributed by atoms with van der Waals surface area (Å²) in [7, 11) is 2.93. The molecule has 198 valence electrons. The third-order valence-corrected chi connectivity index (χ3v) is 8.87. The van der Waals surface area contributed by atoms with Gasteiger partial charge in [-0.25, -0.2) is 0 Å². The van der Waals surface area contributed by atoms with E-state index in [4.69, 9.17) is 17.2 Å². The van der Waals surface area contributed by atoms with Gasteiger partial charge in [0, 0.05) is 5.54 Å². The zero-order valence-corrected chi connectivity index (χ0v) is 21.1. The summed E-state index contributed by atoms with van der Waals surface area (Å²) in [6, 6.07) is 3.31. The molecule has 0 saturated heterocycles. The molecule has 0 bridgehead atoms. The maximum Gasteiger partial charge on any atom is 0.235 e. The zero-order valence-electron chi connectivity index (χ0n) is 21.1. The van der Waals surface area contributed by atoms with Crippen molar-refractivity contribution in [1.29, 1.82) is 5.26 Å². The Bertz CT molecular complexity index is 1420. The summed E-state index contributed by atoms with van der Waals surface area (Å²) in [5.41, 5.74) is 14.6. The molecule has 0 aromatic heterocycles. The molecule has 7 N–H and O–H groups in total. The van der Waals surface area contributed by atoms with Gasteiger partial charge < -0.3 is 22.3 Å². The first-order valence-electron chi connectivity index (χ1n) is 12.4. The summed E-state index contributed by atoms with van der Waals surface area (Å²) in [6.07, 6.45) is 4.31. The normalized spacial score (nSPS) is 36.1. The predicted octanol–water partition coefficient (Wildman–Crippen LogP) is -0.624. The summed E-state index contributed by atoms with van der Waals surface area (Å²) in [4.78, 5) is 68.9. The molecule has 1 aromatic carbocycles. The monoisotopic (exact) mass is 519 g/mol. The number of hydrogen-bond donors (Lipinski definition) is 4. The number of ketones is 4. The molecule has 0 heterocycles. The maximum atomic E-state index is 14.3. The number of aromatic hydroxyl groups is 1. The van der Waals surface area contributed by atoms with E-state index in [0.29, 0.717) is 11.1 Å². The van der Waals surface area contributed by atoms with Crippen LogP contribution in [0.1, 0.15) is 47.2 Å². The Kier molecular flexibility index (Phi) is 5.55. The Morgan fingerprint density at radius 2 is 1.82 bits per heavy atom. The second-order valence-electron chi connectivity index (χ2n) is 11.3. The molecule has 6 atom stereocenters. The van der Waals surface area contributed by atoms with Gasteiger partial charge in [-0.3, -0.25) is 28.9 Å². The van der Waals surface area contributed by atoms with E-state index in [0.717, 1.165) is 19.3 Å². The van der Waals surface area contributed by atoms with E-state index < -0.39 is 69.8 Å². The van der Waals surface area contributed by atoms with Crippen LogP contribution in [0.4, 0.5) is 0 Å². The third kappa shape index (κ3) is 3.02. The number of carbonyl (C=O) groups is 5. The van der Waals surface area contributed by atoms with Crippen molar-refractivity contribution in [1.82, 2.24) is 4.90 Å². The van der Waals surface area contributed by atoms with Crippen LogP contribution in [-0.4, -0.2) is 70.3 Å². The van der Waals surface area contributed by atoms with Gasteiger partial charge in [0.2, 0.25) is 5.91 Å². The molecule has 0 aliphatic heterocycles. The Hall–Kier alpha value is -3.72. The summed E-state index contributed by atoms with van der Waals surface area (Å²) in [5, 5.41) is 21.1. The molecule has 1 amide bonds. The first-order chi connectivity index (χ1) is 17.7. The van der Waals surface area contributed by atoms with Crippen molar-refractivity contribution in [2.45, 2.75) is 49.2 Å². The number of hydrogen-bond acceptors (Lipinski definition) is 10. The van der Waals surface area contributed by atoms with Gasteiger partial charge in [-0.15, -0.1) is 0 Å². The number of phenols is 1. The number of likely N-dealkylation sites (N-methyl/N-ethyl adjacent to an activating group) is 1. The number of carbonyl (C=O) groups excluding carboxylic acids is 5. The predicted molar refractivity (Wildman–Crippen MR) is 133 cm³/mol. The van der Waals surface area contributed by atoms with Gasteiger partial charge >= 0.3 is 0 Å². The van der Waals surface area contributed by atoms with E-state index in [-0.39, 0.29) is 17.7 Å². The first-order valence-corrected chi connectivity index (χ1v) is 12.4. The number of nitriles is 1. The first kappa shape index (κ1) is 25.9. The van der Waals surface area contributed by atoms with Crippen molar-refractivity contribution in [2.75, 3.05) is 14.1 Å². The molecule has 0 radical (unpaired) electrons. The lowest BCUT2D eigenvalue weighted by Crippen LogP contribution is -2.85. The minimum atomic E-state index is -2.74. The standard InChI is InChI=1S/C27H29N5O6/c1-32(2)21-20(35)17(24(29)38)22(36)26(11-28)23(37)18-19(34)16-14(9-25(18,30)10-27(21,26)31)13(6-7-15(16)33)8-12-4-3-5-12/h6-8,17-18,21,33H,3-5,9-10,30-31H2,1-2H3,(H2,29,38)/t17?,18?,21-,25-,26+,27-/m1/s1. The van der Waals surface area contributed by atoms with E-state index >= 15 is 0 Å². The van der Waals surface area contributed by atoms with Crippen LogP contribution in [0.5, 0.6) is 5.75 Å². The van der Waals surface area contributed by atoms with Crippen LogP contribution in [0.25, 0.3) is 6.08 Å². The lowest BCUT2D eigenvalue weighted by molar-refractivity contribution is -0.166. The molecule has 4 aliphatic carbocycles. The zero-order chi connectivity index (χ0) is 27.9. The number of nitrogens with zero attached hydrogens (tertiary/aromatic N) is 2. The number of amides is 1. The fourth-order valence-corrected chi connectivity index (χ4v) is 7.11. The fourth-order valence-electron chi connectivity index (χ4n) is 7.11. The molecule has 2 unspecified atom stereocenters. The van der Waals surface area contributed by atoms with Gasteiger partial charge in [-0.2, -0.15) is 5.26 Å². The number of nitrogens with two attached hydrogens (primary N) is 3. The Balaban J connectivity index is 1.76. The van der Waals surface area contributed by atoms with Gasteiger partial charge in [0.15, 0.2) is 34.5 Å². The van der Waals surface area contributed by atoms with Crippen LogP contribution in [0.2, 0.25) is 0 Å². The lowest BCUT2D eigenvalue weighted by Gasteiger charge is -2.60. The van der Waals surface area contributed by atoms with Crippen LogP contribution in [0.15, 0.2) is 17.7 Å². The van der Waals surface area contributed by atoms with E-state index in [1.807, 2.05) is 6.08 Å². The highest BCUT2D eigenvalue weighted by atomic mass is 16.3. The molecule has 3 fully saturated rings. The number of benzene rings is 1. The van der Waals surface area contributed by atoms with Crippen LogP contribution in [0.3, 0.4) is 0 Å². The van der Waals surface area contributed by atoms with Gasteiger partial charge in [-0.1, -0.05) is 17.7 Å². The highest BCUT2D eigenvalue weighted by Gasteiger charge is 2.78. The van der Waals surface area contributed by atoms with Gasteiger partial charge in [0.1, 0.15) is 11.7 Å². The molecule has 4 aliphatic rings. The Morgan fingerprint density at radius 1 is 1.16 bits per heavy atom. The quantitative estimate of drug-likeness (QED) is 0.371. The third-order valence-electron chi connectivity index (χ3n) is 8.87. The van der Waals surface area contributed by atoms with Gasteiger partial charge in [-0.05, 0) is 63.4 Å². The number of fused-ring (bicyclic) bond motifs is 3. The number of Topliss-reactive ketones (excluding diaryl/α,β-unsaturated/α-hetero) is 4. The Morgan fingerprint density at radius 3 is 2.34 bits per heavy atom. The lowest BCUT2D eigenvalue weighted by atomic mass is 9.42. The van der Waals surface area contributed by atoms with Crippen LogP contribution >= 0.6 is 0 Å². The number of phenolic OH excluding ortho intramolecular Hbond substituents is 1. The van der Waals surface area contributed by atoms with E-state index in [1.54, 1.807) is 12.1 Å². The minimum absolute atomic E-state index is 0.0692. The van der Waals surface area contributed by atoms with Crippen molar-refractivity contribution in [2.24, 2.45) is 34.5 Å². The topological polar surface area (TPSA) is 211 Å². The molecule has 38 heavy (non-hydrogen) atoms. The van der Waals surface area contributed by atoms with Crippen molar-refractivity contribution in [3.8, 4) is 11.8 Å². The van der Waals surface area contributed by atoms with Crippen molar-refractivity contribution in [3.63, 3.8) is 0 Å². The summed E-state index contributed by atoms with van der Waals surface area (Å²) >= 11 is 0. The number of allylic oxidation sites excluding steroid dienone is 1. The molecule has 11 nitrogen and oxygen atoms in total. The highest BCUT2D eigenvalue weighted by molar-refractivity contribution is 6.33. The van der Waals surface area contributed by atoms with E-state index in [2.05, 4.69) is 0 Å². The van der Waals surface area contributed by atoms with Crippen molar-refractivity contribution in [3.05, 3.63) is 34.4 Å². The second kappa shape index (κ2) is 8.14. The Labute approximate surface area is 218 Å². The molecule has 3 saturated carbocycles. The summed E-state index contributed by atoms with van der Waals surface area (Å²) in [6.45, 7) is 0. The maximum absolute atomic E-state index is 14.3.